The van der Waals surface area contributed by atoms with Crippen LogP contribution >= 0.6 is 0 Å². The summed E-state index contributed by atoms with van der Waals surface area (Å²) in [7, 11) is 0. The molecule has 2 rings (SSSR count). The molecule has 0 amide bonds. The third-order valence-electron chi connectivity index (χ3n) is 3.84. The summed E-state index contributed by atoms with van der Waals surface area (Å²) in [6.07, 6.45) is 2.87. The van der Waals surface area contributed by atoms with Crippen LogP contribution in [0, 0.1) is 5.92 Å². The molecule has 2 N–H and O–H groups in total. The molecule has 2 unspecified atom stereocenters. The van der Waals surface area contributed by atoms with Crippen molar-refractivity contribution in [3.05, 3.63) is 11.7 Å². The van der Waals surface area contributed by atoms with Crippen LogP contribution in [0.25, 0.3) is 0 Å². The van der Waals surface area contributed by atoms with Gasteiger partial charge in [-0.15, -0.1) is 0 Å². The first-order valence-corrected chi connectivity index (χ1v) is 7.63. The van der Waals surface area contributed by atoms with E-state index < -0.39 is 0 Å². The zero-order valence-corrected chi connectivity index (χ0v) is 12.5. The molecular weight excluding hydrogens is 256 g/mol. The van der Waals surface area contributed by atoms with Gasteiger partial charge in [0.15, 0.2) is 0 Å². The highest BCUT2D eigenvalue weighted by Crippen LogP contribution is 2.20. The minimum Gasteiger partial charge on any atom is -0.367 e. The molecule has 6 nitrogen and oxygen atoms in total. The Morgan fingerprint density at radius 3 is 3.00 bits per heavy atom. The smallest absolute Gasteiger partial charge is 0.227 e. The van der Waals surface area contributed by atoms with Crippen molar-refractivity contribution in [3.63, 3.8) is 0 Å². The summed E-state index contributed by atoms with van der Waals surface area (Å²) in [6.45, 7) is 8.63. The molecule has 0 spiro atoms. The van der Waals surface area contributed by atoms with Crippen LogP contribution in [0.15, 0.2) is 4.52 Å². The van der Waals surface area contributed by atoms with Crippen molar-refractivity contribution in [2.24, 2.45) is 11.7 Å². The summed E-state index contributed by atoms with van der Waals surface area (Å²) >= 11 is 0. The summed E-state index contributed by atoms with van der Waals surface area (Å²) in [5, 5.41) is 4.08. The van der Waals surface area contributed by atoms with Crippen molar-refractivity contribution in [1.29, 1.82) is 0 Å². The molecule has 6 heteroatoms. The average molecular weight is 282 g/mol. The maximum atomic E-state index is 5.76. The summed E-state index contributed by atoms with van der Waals surface area (Å²) in [6, 6.07) is 0. The molecule has 0 aromatic carbocycles. The Morgan fingerprint density at radius 2 is 2.30 bits per heavy atom. The van der Waals surface area contributed by atoms with Gasteiger partial charge in [-0.2, -0.15) is 4.98 Å². The fourth-order valence-electron chi connectivity index (χ4n) is 2.50. The van der Waals surface area contributed by atoms with Crippen LogP contribution in [0.1, 0.15) is 44.5 Å². The number of hydrogen-bond acceptors (Lipinski definition) is 6. The van der Waals surface area contributed by atoms with E-state index in [-0.39, 0.29) is 6.10 Å². The lowest BCUT2D eigenvalue weighted by Crippen LogP contribution is -2.39. The number of nitrogens with two attached hydrogens (primary N) is 1. The molecule has 0 saturated carbocycles. The highest BCUT2D eigenvalue weighted by Gasteiger charge is 2.26. The Hall–Kier alpha value is -0.980. The largest absolute Gasteiger partial charge is 0.367 e. The third kappa shape index (κ3) is 4.01. The van der Waals surface area contributed by atoms with Crippen molar-refractivity contribution in [3.8, 4) is 0 Å². The van der Waals surface area contributed by atoms with Crippen LogP contribution in [0.5, 0.6) is 0 Å². The quantitative estimate of drug-likeness (QED) is 0.814. The minimum atomic E-state index is -0.0641. The Bertz CT molecular complexity index is 390. The molecule has 1 aromatic rings. The van der Waals surface area contributed by atoms with E-state index >= 15 is 0 Å². The van der Waals surface area contributed by atoms with Crippen molar-refractivity contribution < 1.29 is 9.26 Å². The van der Waals surface area contributed by atoms with Gasteiger partial charge in [0.05, 0.1) is 6.61 Å². The van der Waals surface area contributed by atoms with Gasteiger partial charge in [0.25, 0.3) is 0 Å². The number of hydrogen-bond donors (Lipinski definition) is 1. The van der Waals surface area contributed by atoms with E-state index in [9.17, 15) is 0 Å². The van der Waals surface area contributed by atoms with Crippen LogP contribution < -0.4 is 5.73 Å². The summed E-state index contributed by atoms with van der Waals surface area (Å²) in [5.41, 5.74) is 5.71. The monoisotopic (exact) mass is 282 g/mol. The predicted molar refractivity (Wildman–Crippen MR) is 76.3 cm³/mol. The lowest BCUT2D eigenvalue weighted by Gasteiger charge is -2.30. The van der Waals surface area contributed by atoms with Crippen LogP contribution in [0.2, 0.25) is 0 Å². The standard InChI is InChI=1S/C14H26N4O2/c1-3-5-18-6-7-19-12(10-18)14-16-13(20-17-14)8-11(4-2)9-15/h11-12H,3-10,15H2,1-2H3. The van der Waals surface area contributed by atoms with Gasteiger partial charge in [0, 0.05) is 19.5 Å². The summed E-state index contributed by atoms with van der Waals surface area (Å²) in [5.74, 6) is 1.76. The number of nitrogens with zero attached hydrogens (tertiary/aromatic N) is 3. The SMILES string of the molecule is CCCN1CCOC(c2noc(CC(CC)CN)n2)C1. The van der Waals surface area contributed by atoms with E-state index in [0.29, 0.717) is 24.2 Å². The van der Waals surface area contributed by atoms with Crippen LogP contribution in [0.4, 0.5) is 0 Å². The second kappa shape index (κ2) is 7.71. The van der Waals surface area contributed by atoms with Gasteiger partial charge in [0.1, 0.15) is 6.10 Å². The van der Waals surface area contributed by atoms with Crippen LogP contribution in [0.3, 0.4) is 0 Å². The normalized spacial score (nSPS) is 22.1. The van der Waals surface area contributed by atoms with Gasteiger partial charge < -0.3 is 15.0 Å². The van der Waals surface area contributed by atoms with Crippen molar-refractivity contribution in [2.45, 2.75) is 39.2 Å². The lowest BCUT2D eigenvalue weighted by molar-refractivity contribution is -0.0350. The molecule has 0 radical (unpaired) electrons. The summed E-state index contributed by atoms with van der Waals surface area (Å²) in [4.78, 5) is 6.87. The Balaban J connectivity index is 1.94. The van der Waals surface area contributed by atoms with E-state index in [0.717, 1.165) is 45.5 Å². The highest BCUT2D eigenvalue weighted by atomic mass is 16.5. The number of ether oxygens (including phenoxy) is 1. The molecule has 1 aliphatic heterocycles. The average Bonchev–Trinajstić information content (AvgIpc) is 2.94. The van der Waals surface area contributed by atoms with E-state index in [4.69, 9.17) is 15.0 Å². The molecule has 0 bridgehead atoms. The fraction of sp³-hybridized carbons (Fsp3) is 0.857. The van der Waals surface area contributed by atoms with Gasteiger partial charge in [-0.25, -0.2) is 0 Å². The molecule has 2 atom stereocenters. The Morgan fingerprint density at radius 1 is 1.45 bits per heavy atom. The molecule has 114 valence electrons. The molecule has 0 aliphatic carbocycles. The van der Waals surface area contributed by atoms with E-state index in [1.807, 2.05) is 0 Å². The Kier molecular flexibility index (Phi) is 5.94. The molecule has 1 saturated heterocycles. The zero-order chi connectivity index (χ0) is 14.4. The topological polar surface area (TPSA) is 77.4 Å². The second-order valence-electron chi connectivity index (χ2n) is 5.42. The maximum absolute atomic E-state index is 5.76. The lowest BCUT2D eigenvalue weighted by atomic mass is 10.0. The first kappa shape index (κ1) is 15.4. The molecule has 1 fully saturated rings. The Labute approximate surface area is 120 Å². The summed E-state index contributed by atoms with van der Waals surface area (Å²) < 4.78 is 11.1. The van der Waals surface area contributed by atoms with E-state index in [1.54, 1.807) is 0 Å². The van der Waals surface area contributed by atoms with Gasteiger partial charge in [-0.3, -0.25) is 4.90 Å². The van der Waals surface area contributed by atoms with Gasteiger partial charge in [-0.1, -0.05) is 25.4 Å². The van der Waals surface area contributed by atoms with E-state index in [2.05, 4.69) is 28.9 Å². The van der Waals surface area contributed by atoms with Crippen molar-refractivity contribution in [2.75, 3.05) is 32.8 Å². The molecule has 1 aromatic heterocycles. The first-order chi connectivity index (χ1) is 9.76. The minimum absolute atomic E-state index is 0.0641. The van der Waals surface area contributed by atoms with Crippen LogP contribution in [-0.4, -0.2) is 47.8 Å². The highest BCUT2D eigenvalue weighted by molar-refractivity contribution is 4.95. The second-order valence-corrected chi connectivity index (χ2v) is 5.42. The molecule has 2 heterocycles. The zero-order valence-electron chi connectivity index (χ0n) is 12.5. The molecule has 1 aliphatic rings. The van der Waals surface area contributed by atoms with E-state index in [1.165, 1.54) is 0 Å². The van der Waals surface area contributed by atoms with Gasteiger partial charge in [0.2, 0.25) is 11.7 Å². The molecular formula is C14H26N4O2. The molecule has 20 heavy (non-hydrogen) atoms. The van der Waals surface area contributed by atoms with Gasteiger partial charge >= 0.3 is 0 Å². The number of aromatic nitrogens is 2. The maximum Gasteiger partial charge on any atom is 0.227 e. The number of morpholine rings is 1. The first-order valence-electron chi connectivity index (χ1n) is 7.63. The van der Waals surface area contributed by atoms with Gasteiger partial charge in [-0.05, 0) is 25.4 Å². The third-order valence-corrected chi connectivity index (χ3v) is 3.84. The van der Waals surface area contributed by atoms with Crippen molar-refractivity contribution >= 4 is 0 Å². The predicted octanol–water partition coefficient (Wildman–Crippen LogP) is 1.38. The number of rotatable bonds is 7. The van der Waals surface area contributed by atoms with Crippen molar-refractivity contribution in [1.82, 2.24) is 15.0 Å². The fourth-order valence-corrected chi connectivity index (χ4v) is 2.50. The van der Waals surface area contributed by atoms with Crippen LogP contribution in [-0.2, 0) is 11.2 Å².